The second kappa shape index (κ2) is 3.91. The van der Waals surface area contributed by atoms with Crippen LogP contribution in [0.15, 0.2) is 24.3 Å². The van der Waals surface area contributed by atoms with Crippen LogP contribution in [-0.4, -0.2) is 19.1 Å². The molecule has 86 valence electrons. The first kappa shape index (κ1) is 11.1. The van der Waals surface area contributed by atoms with Gasteiger partial charge in [-0.05, 0) is 25.3 Å². The molecule has 1 fully saturated rings. The van der Waals surface area contributed by atoms with Gasteiger partial charge in [-0.25, -0.2) is 0 Å². The van der Waals surface area contributed by atoms with Crippen molar-refractivity contribution in [2.45, 2.75) is 31.2 Å². The van der Waals surface area contributed by atoms with Crippen molar-refractivity contribution >= 4 is 5.97 Å². The molecular formula is C13H17NO2. The van der Waals surface area contributed by atoms with Crippen LogP contribution >= 0.6 is 0 Å². The number of methoxy groups -OCH3 is 1. The van der Waals surface area contributed by atoms with Gasteiger partial charge in [-0.2, -0.15) is 0 Å². The topological polar surface area (TPSA) is 52.3 Å². The average molecular weight is 219 g/mol. The minimum absolute atomic E-state index is 0.111. The number of hydrogen-bond acceptors (Lipinski definition) is 3. The number of benzene rings is 1. The Hall–Kier alpha value is -1.35. The third-order valence-corrected chi connectivity index (χ3v) is 3.37. The van der Waals surface area contributed by atoms with Crippen LogP contribution in [0.3, 0.4) is 0 Å². The second-order valence-corrected chi connectivity index (χ2v) is 4.61. The van der Waals surface area contributed by atoms with Crippen molar-refractivity contribution in [2.24, 2.45) is 5.73 Å². The van der Waals surface area contributed by atoms with Crippen molar-refractivity contribution in [3.8, 4) is 0 Å². The smallest absolute Gasteiger partial charge is 0.316 e. The molecular weight excluding hydrogens is 202 g/mol. The molecule has 2 rings (SSSR count). The molecule has 3 heteroatoms. The number of aryl methyl sites for hydroxylation is 1. The van der Waals surface area contributed by atoms with E-state index in [9.17, 15) is 4.79 Å². The van der Waals surface area contributed by atoms with Crippen LogP contribution in [0.2, 0.25) is 0 Å². The van der Waals surface area contributed by atoms with E-state index in [0.717, 1.165) is 11.1 Å². The van der Waals surface area contributed by atoms with Gasteiger partial charge in [-0.3, -0.25) is 4.79 Å². The Balaban J connectivity index is 2.37. The van der Waals surface area contributed by atoms with E-state index in [0.29, 0.717) is 12.8 Å². The Morgan fingerprint density at radius 3 is 2.69 bits per heavy atom. The van der Waals surface area contributed by atoms with Crippen molar-refractivity contribution in [2.75, 3.05) is 7.11 Å². The zero-order valence-corrected chi connectivity index (χ0v) is 9.69. The Morgan fingerprint density at radius 2 is 2.19 bits per heavy atom. The van der Waals surface area contributed by atoms with Crippen LogP contribution in [0.4, 0.5) is 0 Å². The lowest BCUT2D eigenvalue weighted by atomic mass is 9.61. The number of carbonyl (C=O) groups is 1. The first-order chi connectivity index (χ1) is 7.58. The molecule has 0 spiro atoms. The van der Waals surface area contributed by atoms with Gasteiger partial charge < -0.3 is 10.5 Å². The molecule has 0 bridgehead atoms. The first-order valence-electron chi connectivity index (χ1n) is 5.49. The molecule has 0 atom stereocenters. The fraction of sp³-hybridized carbons (Fsp3) is 0.462. The van der Waals surface area contributed by atoms with E-state index in [1.807, 2.05) is 31.2 Å². The lowest BCUT2D eigenvalue weighted by Crippen LogP contribution is -2.54. The first-order valence-corrected chi connectivity index (χ1v) is 5.49. The van der Waals surface area contributed by atoms with E-state index in [1.165, 1.54) is 7.11 Å². The summed E-state index contributed by atoms with van der Waals surface area (Å²) in [6.07, 6.45) is 1.37. The molecule has 0 aliphatic heterocycles. The summed E-state index contributed by atoms with van der Waals surface area (Å²) in [6, 6.07) is 8.13. The normalized spacial score (nSPS) is 28.3. The van der Waals surface area contributed by atoms with E-state index in [1.54, 1.807) is 0 Å². The summed E-state index contributed by atoms with van der Waals surface area (Å²) < 4.78 is 4.91. The third kappa shape index (κ3) is 1.61. The van der Waals surface area contributed by atoms with Gasteiger partial charge in [0.1, 0.15) is 0 Å². The van der Waals surface area contributed by atoms with Gasteiger partial charge in [-0.15, -0.1) is 0 Å². The maximum Gasteiger partial charge on any atom is 0.316 e. The summed E-state index contributed by atoms with van der Waals surface area (Å²) in [4.78, 5) is 11.9. The molecule has 0 unspecified atom stereocenters. The molecule has 16 heavy (non-hydrogen) atoms. The fourth-order valence-corrected chi connectivity index (χ4v) is 2.49. The van der Waals surface area contributed by atoms with Crippen molar-refractivity contribution in [1.82, 2.24) is 0 Å². The lowest BCUT2D eigenvalue weighted by molar-refractivity contribution is -0.152. The minimum Gasteiger partial charge on any atom is -0.468 e. The summed E-state index contributed by atoms with van der Waals surface area (Å²) in [5.74, 6) is -0.167. The molecule has 0 aromatic heterocycles. The van der Waals surface area contributed by atoms with Gasteiger partial charge >= 0.3 is 5.97 Å². The van der Waals surface area contributed by atoms with Gasteiger partial charge in [-0.1, -0.05) is 29.8 Å². The van der Waals surface area contributed by atoms with Crippen molar-refractivity contribution < 1.29 is 9.53 Å². The average Bonchev–Trinajstić information content (AvgIpc) is 2.23. The van der Waals surface area contributed by atoms with Crippen LogP contribution in [0.25, 0.3) is 0 Å². The molecule has 2 N–H and O–H groups in total. The molecule has 0 saturated heterocycles. The lowest BCUT2D eigenvalue weighted by Gasteiger charge is -2.44. The monoisotopic (exact) mass is 219 g/mol. The number of ether oxygens (including phenoxy) is 1. The van der Waals surface area contributed by atoms with E-state index >= 15 is 0 Å². The van der Waals surface area contributed by atoms with Gasteiger partial charge in [0.25, 0.3) is 0 Å². The Morgan fingerprint density at radius 1 is 1.50 bits per heavy atom. The van der Waals surface area contributed by atoms with Crippen LogP contribution < -0.4 is 5.73 Å². The highest BCUT2D eigenvalue weighted by Gasteiger charge is 2.51. The SMILES string of the molecule is COC(=O)C1(c2cccc(C)c2)CC(N)C1. The van der Waals surface area contributed by atoms with Crippen molar-refractivity contribution in [3.63, 3.8) is 0 Å². The van der Waals surface area contributed by atoms with Gasteiger partial charge in [0, 0.05) is 6.04 Å². The van der Waals surface area contributed by atoms with Crippen LogP contribution in [0, 0.1) is 6.92 Å². The summed E-state index contributed by atoms with van der Waals surface area (Å²) in [7, 11) is 1.43. The standard InChI is InChI=1S/C13H17NO2/c1-9-4-3-5-10(6-9)13(12(15)16-2)7-11(14)8-13/h3-6,11H,7-8,14H2,1-2H3. The highest BCUT2D eigenvalue weighted by atomic mass is 16.5. The largest absolute Gasteiger partial charge is 0.468 e. The van der Waals surface area contributed by atoms with Gasteiger partial charge in [0.2, 0.25) is 0 Å². The molecule has 0 radical (unpaired) electrons. The zero-order chi connectivity index (χ0) is 11.8. The predicted octanol–water partition coefficient (Wildman–Crippen LogP) is 1.53. The van der Waals surface area contributed by atoms with E-state index in [2.05, 4.69) is 0 Å². The minimum atomic E-state index is -0.500. The highest BCUT2D eigenvalue weighted by molar-refractivity contribution is 5.84. The highest BCUT2D eigenvalue weighted by Crippen LogP contribution is 2.44. The Bertz CT molecular complexity index is 408. The summed E-state index contributed by atoms with van der Waals surface area (Å²) in [6.45, 7) is 2.02. The molecule has 1 aliphatic carbocycles. The Kier molecular flexibility index (Phi) is 2.72. The quantitative estimate of drug-likeness (QED) is 0.767. The van der Waals surface area contributed by atoms with Crippen LogP contribution in [0.1, 0.15) is 24.0 Å². The zero-order valence-electron chi connectivity index (χ0n) is 9.69. The molecule has 1 aliphatic rings. The van der Waals surface area contributed by atoms with Crippen molar-refractivity contribution in [3.05, 3.63) is 35.4 Å². The summed E-state index contributed by atoms with van der Waals surface area (Å²) in [5.41, 5.74) is 7.50. The number of carbonyl (C=O) groups excluding carboxylic acids is 1. The summed E-state index contributed by atoms with van der Waals surface area (Å²) in [5, 5.41) is 0. The number of nitrogens with two attached hydrogens (primary N) is 1. The van der Waals surface area contributed by atoms with Crippen LogP contribution in [0.5, 0.6) is 0 Å². The van der Waals surface area contributed by atoms with Crippen molar-refractivity contribution in [1.29, 1.82) is 0 Å². The molecule has 1 aromatic rings. The number of esters is 1. The van der Waals surface area contributed by atoms with E-state index in [-0.39, 0.29) is 12.0 Å². The molecule has 0 amide bonds. The summed E-state index contributed by atoms with van der Waals surface area (Å²) >= 11 is 0. The maximum atomic E-state index is 11.9. The molecule has 1 saturated carbocycles. The fourth-order valence-electron chi connectivity index (χ4n) is 2.49. The maximum absolute atomic E-state index is 11.9. The predicted molar refractivity (Wildman–Crippen MR) is 62.1 cm³/mol. The number of hydrogen-bond donors (Lipinski definition) is 1. The van der Waals surface area contributed by atoms with E-state index < -0.39 is 5.41 Å². The van der Waals surface area contributed by atoms with Crippen LogP contribution in [-0.2, 0) is 14.9 Å². The number of rotatable bonds is 2. The van der Waals surface area contributed by atoms with E-state index in [4.69, 9.17) is 10.5 Å². The van der Waals surface area contributed by atoms with Gasteiger partial charge in [0.15, 0.2) is 0 Å². The molecule has 3 nitrogen and oxygen atoms in total. The molecule has 1 aromatic carbocycles. The Labute approximate surface area is 95.6 Å². The second-order valence-electron chi connectivity index (χ2n) is 4.61. The van der Waals surface area contributed by atoms with Gasteiger partial charge in [0.05, 0.1) is 12.5 Å². The third-order valence-electron chi connectivity index (χ3n) is 3.37. The molecule has 0 heterocycles.